The molecule has 0 saturated carbocycles. The molecule has 17 heavy (non-hydrogen) atoms. The van der Waals surface area contributed by atoms with Gasteiger partial charge >= 0.3 is 0 Å². The first kappa shape index (κ1) is 12.9. The Balaban J connectivity index is 2.19. The summed E-state index contributed by atoms with van der Waals surface area (Å²) in [5.41, 5.74) is 2.66. The smallest absolute Gasteiger partial charge is 0.137 e. The summed E-state index contributed by atoms with van der Waals surface area (Å²) in [7, 11) is 0. The minimum Gasteiger partial charge on any atom is -0.370 e. The number of nitrogens with zero attached hydrogens (tertiary/aromatic N) is 1. The van der Waals surface area contributed by atoms with Gasteiger partial charge in [-0.25, -0.2) is 4.39 Å². The molecule has 1 aromatic rings. The molecule has 0 aromatic heterocycles. The SMILES string of the molecule is CCC1(CC)CN(c2cc(Br)c(F)cc2C)C1. The Kier molecular flexibility index (Phi) is 3.48. The van der Waals surface area contributed by atoms with Crippen molar-refractivity contribution < 1.29 is 4.39 Å². The Morgan fingerprint density at radius 2 is 1.88 bits per heavy atom. The van der Waals surface area contributed by atoms with E-state index in [4.69, 9.17) is 0 Å². The Bertz CT molecular complexity index is 418. The summed E-state index contributed by atoms with van der Waals surface area (Å²) in [5, 5.41) is 0. The van der Waals surface area contributed by atoms with E-state index in [1.165, 1.54) is 12.8 Å². The topological polar surface area (TPSA) is 3.24 Å². The molecule has 0 aliphatic carbocycles. The van der Waals surface area contributed by atoms with Crippen molar-refractivity contribution in [2.24, 2.45) is 5.41 Å². The van der Waals surface area contributed by atoms with Crippen molar-refractivity contribution in [3.05, 3.63) is 28.0 Å². The van der Waals surface area contributed by atoms with Gasteiger partial charge in [-0.15, -0.1) is 0 Å². The molecule has 1 aliphatic rings. The maximum absolute atomic E-state index is 13.4. The number of hydrogen-bond acceptors (Lipinski definition) is 1. The largest absolute Gasteiger partial charge is 0.370 e. The molecule has 1 nitrogen and oxygen atoms in total. The first-order valence-corrected chi connectivity index (χ1v) is 7.01. The van der Waals surface area contributed by atoms with Gasteiger partial charge in [-0.05, 0) is 53.4 Å². The van der Waals surface area contributed by atoms with E-state index in [1.807, 2.05) is 13.0 Å². The molecule has 0 N–H and O–H groups in total. The normalized spacial score (nSPS) is 18.1. The van der Waals surface area contributed by atoms with Crippen LogP contribution in [0.25, 0.3) is 0 Å². The maximum atomic E-state index is 13.4. The van der Waals surface area contributed by atoms with E-state index >= 15 is 0 Å². The average molecular weight is 300 g/mol. The molecular weight excluding hydrogens is 281 g/mol. The highest BCUT2D eigenvalue weighted by atomic mass is 79.9. The van der Waals surface area contributed by atoms with Crippen LogP contribution in [0.2, 0.25) is 0 Å². The summed E-state index contributed by atoms with van der Waals surface area (Å²) in [6.07, 6.45) is 2.45. The van der Waals surface area contributed by atoms with Gasteiger partial charge in [-0.1, -0.05) is 13.8 Å². The maximum Gasteiger partial charge on any atom is 0.137 e. The number of halogens is 2. The predicted octanol–water partition coefficient (Wildman–Crippen LogP) is 4.52. The van der Waals surface area contributed by atoms with Crippen molar-refractivity contribution in [3.63, 3.8) is 0 Å². The lowest BCUT2D eigenvalue weighted by atomic mass is 9.75. The van der Waals surface area contributed by atoms with Crippen molar-refractivity contribution in [2.45, 2.75) is 33.6 Å². The third-order valence-corrected chi connectivity index (χ3v) is 4.74. The van der Waals surface area contributed by atoms with Crippen LogP contribution >= 0.6 is 15.9 Å². The molecule has 0 unspecified atom stereocenters. The lowest BCUT2D eigenvalue weighted by Gasteiger charge is -2.51. The van der Waals surface area contributed by atoms with E-state index < -0.39 is 0 Å². The van der Waals surface area contributed by atoms with Gasteiger partial charge in [0.25, 0.3) is 0 Å². The van der Waals surface area contributed by atoms with Gasteiger partial charge in [0.1, 0.15) is 5.82 Å². The summed E-state index contributed by atoms with van der Waals surface area (Å²) < 4.78 is 13.9. The van der Waals surface area contributed by atoms with Crippen LogP contribution in [0.15, 0.2) is 16.6 Å². The predicted molar refractivity (Wildman–Crippen MR) is 74.1 cm³/mol. The van der Waals surface area contributed by atoms with Crippen molar-refractivity contribution in [3.8, 4) is 0 Å². The second-order valence-corrected chi connectivity index (χ2v) is 5.97. The number of aryl methyl sites for hydroxylation is 1. The van der Waals surface area contributed by atoms with Crippen LogP contribution in [0.4, 0.5) is 10.1 Å². The first-order valence-electron chi connectivity index (χ1n) is 6.22. The van der Waals surface area contributed by atoms with Crippen LogP contribution in [0.3, 0.4) is 0 Å². The number of hydrogen-bond donors (Lipinski definition) is 0. The average Bonchev–Trinajstić information content (AvgIpc) is 2.25. The highest BCUT2D eigenvalue weighted by molar-refractivity contribution is 9.10. The third-order valence-electron chi connectivity index (χ3n) is 4.13. The third kappa shape index (κ3) is 2.22. The summed E-state index contributed by atoms with van der Waals surface area (Å²) >= 11 is 3.26. The van der Waals surface area contributed by atoms with Crippen LogP contribution in [0.5, 0.6) is 0 Å². The zero-order valence-corrected chi connectivity index (χ0v) is 12.3. The monoisotopic (exact) mass is 299 g/mol. The molecule has 0 atom stereocenters. The summed E-state index contributed by atoms with van der Waals surface area (Å²) in [5.74, 6) is -0.177. The van der Waals surface area contributed by atoms with E-state index in [-0.39, 0.29) is 5.82 Å². The molecule has 0 radical (unpaired) electrons. The quantitative estimate of drug-likeness (QED) is 0.793. The van der Waals surface area contributed by atoms with Gasteiger partial charge in [0.15, 0.2) is 0 Å². The van der Waals surface area contributed by atoms with Crippen molar-refractivity contribution in [1.29, 1.82) is 0 Å². The molecule has 0 amide bonds. The molecule has 1 heterocycles. The Hall–Kier alpha value is -0.570. The molecule has 3 heteroatoms. The van der Waals surface area contributed by atoms with Crippen molar-refractivity contribution >= 4 is 21.6 Å². The Morgan fingerprint density at radius 3 is 2.41 bits per heavy atom. The second-order valence-electron chi connectivity index (χ2n) is 5.12. The van der Waals surface area contributed by atoms with Gasteiger partial charge in [0.2, 0.25) is 0 Å². The van der Waals surface area contributed by atoms with E-state index in [9.17, 15) is 4.39 Å². The van der Waals surface area contributed by atoms with Crippen molar-refractivity contribution in [1.82, 2.24) is 0 Å². The molecular formula is C14H19BrFN. The molecule has 0 spiro atoms. The van der Waals surface area contributed by atoms with Gasteiger partial charge in [0.05, 0.1) is 4.47 Å². The molecule has 2 rings (SSSR count). The molecule has 0 bridgehead atoms. The van der Waals surface area contributed by atoms with Gasteiger partial charge in [-0.3, -0.25) is 0 Å². The van der Waals surface area contributed by atoms with Gasteiger partial charge < -0.3 is 4.90 Å². The number of benzene rings is 1. The summed E-state index contributed by atoms with van der Waals surface area (Å²) in [6, 6.07) is 3.51. The standard InChI is InChI=1S/C14H19BrFN/c1-4-14(5-2)8-17(9-14)13-7-11(15)12(16)6-10(13)3/h6-7H,4-5,8-9H2,1-3H3. The fourth-order valence-corrected chi connectivity index (χ4v) is 2.94. The van der Waals surface area contributed by atoms with Crippen LogP contribution < -0.4 is 4.90 Å². The number of rotatable bonds is 3. The fraction of sp³-hybridized carbons (Fsp3) is 0.571. The van der Waals surface area contributed by atoms with Crippen LogP contribution in [0, 0.1) is 18.2 Å². The Labute approximate surface area is 111 Å². The highest BCUT2D eigenvalue weighted by Crippen LogP contribution is 2.41. The molecule has 1 aliphatic heterocycles. The van der Waals surface area contributed by atoms with Crippen LogP contribution in [-0.4, -0.2) is 13.1 Å². The van der Waals surface area contributed by atoms with E-state index in [0.29, 0.717) is 9.89 Å². The minimum absolute atomic E-state index is 0.177. The van der Waals surface area contributed by atoms with Crippen molar-refractivity contribution in [2.75, 3.05) is 18.0 Å². The molecule has 1 saturated heterocycles. The lowest BCUT2D eigenvalue weighted by Crippen LogP contribution is -2.56. The highest BCUT2D eigenvalue weighted by Gasteiger charge is 2.40. The van der Waals surface area contributed by atoms with E-state index in [2.05, 4.69) is 34.7 Å². The molecule has 1 aromatic carbocycles. The lowest BCUT2D eigenvalue weighted by molar-refractivity contribution is 0.194. The second kappa shape index (κ2) is 4.60. The fourth-order valence-electron chi connectivity index (χ4n) is 2.61. The van der Waals surface area contributed by atoms with Gasteiger partial charge in [0, 0.05) is 24.2 Å². The molecule has 94 valence electrons. The summed E-state index contributed by atoms with van der Waals surface area (Å²) in [6.45, 7) is 8.68. The molecule has 1 fully saturated rings. The van der Waals surface area contributed by atoms with E-state index in [0.717, 1.165) is 24.3 Å². The Morgan fingerprint density at radius 1 is 1.29 bits per heavy atom. The van der Waals surface area contributed by atoms with E-state index in [1.54, 1.807) is 6.07 Å². The van der Waals surface area contributed by atoms with Crippen LogP contribution in [0.1, 0.15) is 32.3 Å². The zero-order chi connectivity index (χ0) is 12.6. The zero-order valence-electron chi connectivity index (χ0n) is 10.7. The van der Waals surface area contributed by atoms with Crippen LogP contribution in [-0.2, 0) is 0 Å². The minimum atomic E-state index is -0.177. The van der Waals surface area contributed by atoms with Gasteiger partial charge in [-0.2, -0.15) is 0 Å². The number of anilines is 1. The first-order chi connectivity index (χ1) is 8.01. The summed E-state index contributed by atoms with van der Waals surface area (Å²) in [4.78, 5) is 2.35.